The molecule has 0 aliphatic carbocycles. The highest BCUT2D eigenvalue weighted by atomic mass is 16.5. The fourth-order valence-electron chi connectivity index (χ4n) is 4.33. The van der Waals surface area contributed by atoms with Crippen molar-refractivity contribution in [1.29, 1.82) is 0 Å². The second kappa shape index (κ2) is 7.40. The van der Waals surface area contributed by atoms with E-state index in [0.717, 1.165) is 28.1 Å². The predicted octanol–water partition coefficient (Wildman–Crippen LogP) is 2.72. The van der Waals surface area contributed by atoms with Crippen LogP contribution in [-0.2, 0) is 20.1 Å². The van der Waals surface area contributed by atoms with E-state index in [0.29, 0.717) is 30.2 Å². The molecule has 2 aromatic heterocycles. The Bertz CT molecular complexity index is 1460. The summed E-state index contributed by atoms with van der Waals surface area (Å²) >= 11 is 0. The number of aromatic nitrogens is 4. The van der Waals surface area contributed by atoms with Crippen LogP contribution in [0.4, 0.5) is 11.6 Å². The first-order chi connectivity index (χ1) is 15.4. The standard InChI is InChI=1S/C24H25N5O3/c1-15-5-8-17(9-6-15)14-29-22(30)20-21(26(3)24(29)31)25-23-27(11-12-28(20)23)18-13-16(2)7-10-19(18)32-4/h5-10,13H,11-12,14H2,1-4H3. The van der Waals surface area contributed by atoms with Gasteiger partial charge >= 0.3 is 5.69 Å². The number of hydrogen-bond acceptors (Lipinski definition) is 5. The Morgan fingerprint density at radius 1 is 1.00 bits per heavy atom. The molecule has 8 heteroatoms. The molecule has 2 aromatic carbocycles. The number of nitrogens with zero attached hydrogens (tertiary/aromatic N) is 5. The molecule has 0 atom stereocenters. The van der Waals surface area contributed by atoms with E-state index in [2.05, 4.69) is 0 Å². The lowest BCUT2D eigenvalue weighted by Gasteiger charge is -2.19. The Hall–Kier alpha value is -3.81. The van der Waals surface area contributed by atoms with Gasteiger partial charge in [-0.3, -0.25) is 13.9 Å². The molecule has 1 aliphatic heterocycles. The molecule has 4 aromatic rings. The molecule has 0 N–H and O–H groups in total. The van der Waals surface area contributed by atoms with Crippen molar-refractivity contribution < 1.29 is 4.74 Å². The molecule has 0 unspecified atom stereocenters. The number of fused-ring (bicyclic) bond motifs is 3. The van der Waals surface area contributed by atoms with E-state index in [4.69, 9.17) is 9.72 Å². The monoisotopic (exact) mass is 431 g/mol. The van der Waals surface area contributed by atoms with Crippen molar-refractivity contribution >= 4 is 22.8 Å². The van der Waals surface area contributed by atoms with Gasteiger partial charge in [-0.1, -0.05) is 35.9 Å². The fourth-order valence-corrected chi connectivity index (χ4v) is 4.33. The van der Waals surface area contributed by atoms with Crippen LogP contribution >= 0.6 is 0 Å². The van der Waals surface area contributed by atoms with Gasteiger partial charge in [0.2, 0.25) is 5.95 Å². The van der Waals surface area contributed by atoms with Crippen molar-refractivity contribution in [2.45, 2.75) is 26.9 Å². The van der Waals surface area contributed by atoms with Gasteiger partial charge in [-0.15, -0.1) is 0 Å². The van der Waals surface area contributed by atoms with Crippen molar-refractivity contribution in [2.24, 2.45) is 7.05 Å². The molecular formula is C24H25N5O3. The minimum Gasteiger partial charge on any atom is -0.495 e. The van der Waals surface area contributed by atoms with Crippen LogP contribution in [0.1, 0.15) is 16.7 Å². The van der Waals surface area contributed by atoms with Crippen LogP contribution in [0, 0.1) is 13.8 Å². The molecule has 32 heavy (non-hydrogen) atoms. The number of methoxy groups -OCH3 is 1. The Morgan fingerprint density at radius 2 is 1.72 bits per heavy atom. The highest BCUT2D eigenvalue weighted by Gasteiger charge is 2.30. The summed E-state index contributed by atoms with van der Waals surface area (Å²) in [6.07, 6.45) is 0. The van der Waals surface area contributed by atoms with Gasteiger partial charge in [0.25, 0.3) is 5.56 Å². The number of benzene rings is 2. The molecule has 0 amide bonds. The second-order valence-corrected chi connectivity index (χ2v) is 8.28. The van der Waals surface area contributed by atoms with Crippen molar-refractivity contribution in [2.75, 3.05) is 18.6 Å². The van der Waals surface area contributed by atoms with Crippen molar-refractivity contribution in [3.05, 3.63) is 80.0 Å². The van der Waals surface area contributed by atoms with E-state index >= 15 is 0 Å². The normalized spacial score (nSPS) is 13.1. The molecule has 1 aliphatic rings. The third kappa shape index (κ3) is 3.02. The molecule has 164 valence electrons. The Labute approximate surface area is 184 Å². The quantitative estimate of drug-likeness (QED) is 0.497. The zero-order valence-electron chi connectivity index (χ0n) is 18.6. The Morgan fingerprint density at radius 3 is 2.44 bits per heavy atom. The van der Waals surface area contributed by atoms with Gasteiger partial charge in [0.1, 0.15) is 5.75 Å². The number of aryl methyl sites for hydroxylation is 3. The second-order valence-electron chi connectivity index (χ2n) is 8.28. The lowest BCUT2D eigenvalue weighted by Crippen LogP contribution is -2.40. The van der Waals surface area contributed by atoms with E-state index in [-0.39, 0.29) is 17.8 Å². The summed E-state index contributed by atoms with van der Waals surface area (Å²) in [5.74, 6) is 1.38. The fraction of sp³-hybridized carbons (Fsp3) is 0.292. The van der Waals surface area contributed by atoms with Gasteiger partial charge in [-0.05, 0) is 37.1 Å². The SMILES string of the molecule is COc1ccc(C)cc1N1CCn2c1nc1c2c(=O)n(Cc2ccc(C)cc2)c(=O)n1C. The third-order valence-corrected chi connectivity index (χ3v) is 6.09. The Kier molecular flexibility index (Phi) is 4.65. The molecule has 0 radical (unpaired) electrons. The first kappa shape index (κ1) is 20.1. The van der Waals surface area contributed by atoms with E-state index in [1.807, 2.05) is 65.8 Å². The molecule has 0 fully saturated rings. The summed E-state index contributed by atoms with van der Waals surface area (Å²) in [6.45, 7) is 5.51. The molecule has 8 nitrogen and oxygen atoms in total. The van der Waals surface area contributed by atoms with Crippen LogP contribution < -0.4 is 20.9 Å². The van der Waals surface area contributed by atoms with Crippen LogP contribution in [0.25, 0.3) is 11.2 Å². The molecule has 0 bridgehead atoms. The summed E-state index contributed by atoms with van der Waals surface area (Å²) in [6, 6.07) is 13.8. The molecular weight excluding hydrogens is 406 g/mol. The largest absolute Gasteiger partial charge is 0.495 e. The average Bonchev–Trinajstić information content (AvgIpc) is 3.36. The smallest absolute Gasteiger partial charge is 0.332 e. The summed E-state index contributed by atoms with van der Waals surface area (Å²) in [5.41, 5.74) is 4.18. The minimum atomic E-state index is -0.375. The zero-order valence-corrected chi connectivity index (χ0v) is 18.6. The molecule has 3 heterocycles. The van der Waals surface area contributed by atoms with Crippen LogP contribution in [-0.4, -0.2) is 32.3 Å². The Balaban J connectivity index is 1.68. The highest BCUT2D eigenvalue weighted by Crippen LogP contribution is 2.37. The van der Waals surface area contributed by atoms with Gasteiger partial charge in [0.15, 0.2) is 11.2 Å². The maximum absolute atomic E-state index is 13.5. The van der Waals surface area contributed by atoms with Gasteiger partial charge in [0, 0.05) is 20.1 Å². The third-order valence-electron chi connectivity index (χ3n) is 6.09. The van der Waals surface area contributed by atoms with E-state index in [1.54, 1.807) is 14.2 Å². The van der Waals surface area contributed by atoms with E-state index in [9.17, 15) is 9.59 Å². The predicted molar refractivity (Wildman–Crippen MR) is 124 cm³/mol. The highest BCUT2D eigenvalue weighted by molar-refractivity contribution is 5.79. The van der Waals surface area contributed by atoms with E-state index < -0.39 is 0 Å². The number of rotatable bonds is 4. The lowest BCUT2D eigenvalue weighted by atomic mass is 10.1. The summed E-state index contributed by atoms with van der Waals surface area (Å²) in [7, 11) is 3.30. The van der Waals surface area contributed by atoms with Gasteiger partial charge in [0.05, 0.1) is 19.3 Å². The summed E-state index contributed by atoms with van der Waals surface area (Å²) < 4.78 is 10.2. The lowest BCUT2D eigenvalue weighted by molar-refractivity contribution is 0.415. The van der Waals surface area contributed by atoms with Crippen LogP contribution in [0.15, 0.2) is 52.1 Å². The first-order valence-electron chi connectivity index (χ1n) is 10.6. The van der Waals surface area contributed by atoms with Gasteiger partial charge in [-0.25, -0.2) is 4.79 Å². The number of anilines is 2. The van der Waals surface area contributed by atoms with Crippen molar-refractivity contribution in [3.8, 4) is 5.75 Å². The number of ether oxygens (including phenoxy) is 1. The molecule has 0 saturated carbocycles. The maximum Gasteiger partial charge on any atom is 0.332 e. The zero-order chi connectivity index (χ0) is 22.6. The van der Waals surface area contributed by atoms with Crippen LogP contribution in [0.5, 0.6) is 5.75 Å². The van der Waals surface area contributed by atoms with Crippen molar-refractivity contribution in [1.82, 2.24) is 18.7 Å². The summed E-state index contributed by atoms with van der Waals surface area (Å²) in [5, 5.41) is 0. The minimum absolute atomic E-state index is 0.220. The van der Waals surface area contributed by atoms with Crippen molar-refractivity contribution in [3.63, 3.8) is 0 Å². The van der Waals surface area contributed by atoms with Gasteiger partial charge in [-0.2, -0.15) is 4.98 Å². The first-order valence-corrected chi connectivity index (χ1v) is 10.6. The van der Waals surface area contributed by atoms with Gasteiger partial charge < -0.3 is 14.2 Å². The maximum atomic E-state index is 13.5. The van der Waals surface area contributed by atoms with Crippen LogP contribution in [0.2, 0.25) is 0 Å². The molecule has 0 saturated heterocycles. The average molecular weight is 431 g/mol. The van der Waals surface area contributed by atoms with Crippen LogP contribution in [0.3, 0.4) is 0 Å². The molecule has 0 spiro atoms. The summed E-state index contributed by atoms with van der Waals surface area (Å²) in [4.78, 5) is 33.3. The number of hydrogen-bond donors (Lipinski definition) is 0. The topological polar surface area (TPSA) is 74.3 Å². The number of imidazole rings is 1. The van der Waals surface area contributed by atoms with E-state index in [1.165, 1.54) is 9.13 Å². The molecule has 5 rings (SSSR count).